The number of nitrogens with zero attached hydrogens (tertiary/aromatic N) is 1. The molecule has 1 saturated heterocycles. The number of nitrogens with one attached hydrogen (secondary N) is 1. The zero-order valence-corrected chi connectivity index (χ0v) is 10.4. The van der Waals surface area contributed by atoms with Crippen molar-refractivity contribution in [1.82, 2.24) is 10.2 Å². The van der Waals surface area contributed by atoms with Crippen molar-refractivity contribution in [2.24, 2.45) is 0 Å². The Hall–Kier alpha value is -1.26. The molecule has 0 spiro atoms. The van der Waals surface area contributed by atoms with Gasteiger partial charge in [0.2, 0.25) is 5.91 Å². The Morgan fingerprint density at radius 2 is 2.06 bits per heavy atom. The van der Waals surface area contributed by atoms with Gasteiger partial charge in [0.1, 0.15) is 5.60 Å². The van der Waals surface area contributed by atoms with Crippen LogP contribution in [0.2, 0.25) is 0 Å². The van der Waals surface area contributed by atoms with Crippen molar-refractivity contribution >= 4 is 12.0 Å². The molecule has 0 saturated carbocycles. The van der Waals surface area contributed by atoms with Crippen molar-refractivity contribution in [1.29, 1.82) is 0 Å². The second-order valence-corrected chi connectivity index (χ2v) is 5.04. The van der Waals surface area contributed by atoms with E-state index in [2.05, 4.69) is 5.32 Å². The van der Waals surface area contributed by atoms with Gasteiger partial charge in [0.15, 0.2) is 0 Å². The molecular weight excluding hydrogens is 208 g/mol. The predicted molar refractivity (Wildman–Crippen MR) is 60.0 cm³/mol. The second kappa shape index (κ2) is 4.72. The number of hydrogen-bond donors (Lipinski definition) is 1. The summed E-state index contributed by atoms with van der Waals surface area (Å²) in [5.74, 6) is 0.0576. The summed E-state index contributed by atoms with van der Waals surface area (Å²) in [6.07, 6.45) is 0.512. The van der Waals surface area contributed by atoms with E-state index in [1.165, 1.54) is 0 Å². The standard InChI is InChI=1S/C11H20N2O3/c1-8(14)13-6-5-9(13)7-12-10(15)16-11(2,3)4/h9H,5-7H2,1-4H3,(H,12,15). The third-order valence-corrected chi connectivity index (χ3v) is 2.43. The number of carbonyl (C=O) groups is 2. The molecule has 1 rings (SSSR count). The van der Waals surface area contributed by atoms with Crippen molar-refractivity contribution in [2.75, 3.05) is 13.1 Å². The van der Waals surface area contributed by atoms with Gasteiger partial charge in [-0.25, -0.2) is 4.79 Å². The molecule has 1 unspecified atom stereocenters. The minimum Gasteiger partial charge on any atom is -0.444 e. The van der Waals surface area contributed by atoms with E-state index in [0.29, 0.717) is 6.54 Å². The van der Waals surface area contributed by atoms with E-state index in [1.807, 2.05) is 20.8 Å². The zero-order chi connectivity index (χ0) is 12.3. The number of hydrogen-bond acceptors (Lipinski definition) is 3. The first kappa shape index (κ1) is 12.8. The van der Waals surface area contributed by atoms with Gasteiger partial charge in [0.25, 0.3) is 0 Å². The van der Waals surface area contributed by atoms with E-state index in [0.717, 1.165) is 13.0 Å². The van der Waals surface area contributed by atoms with E-state index >= 15 is 0 Å². The molecule has 16 heavy (non-hydrogen) atoms. The van der Waals surface area contributed by atoms with Crippen LogP contribution in [0.25, 0.3) is 0 Å². The van der Waals surface area contributed by atoms with Crippen LogP contribution in [0.5, 0.6) is 0 Å². The highest BCUT2D eigenvalue weighted by Crippen LogP contribution is 2.16. The van der Waals surface area contributed by atoms with Crippen molar-refractivity contribution in [3.63, 3.8) is 0 Å². The maximum Gasteiger partial charge on any atom is 0.407 e. The zero-order valence-electron chi connectivity index (χ0n) is 10.4. The Bertz CT molecular complexity index is 283. The van der Waals surface area contributed by atoms with Gasteiger partial charge in [-0.05, 0) is 27.2 Å². The molecule has 0 radical (unpaired) electrons. The highest BCUT2D eigenvalue weighted by Gasteiger charge is 2.30. The molecule has 1 fully saturated rings. The van der Waals surface area contributed by atoms with Crippen LogP contribution in [-0.2, 0) is 9.53 Å². The van der Waals surface area contributed by atoms with Gasteiger partial charge in [-0.1, -0.05) is 0 Å². The second-order valence-electron chi connectivity index (χ2n) is 5.04. The normalized spacial score (nSPS) is 20.0. The highest BCUT2D eigenvalue weighted by molar-refractivity contribution is 5.74. The van der Waals surface area contributed by atoms with Gasteiger partial charge in [0.05, 0.1) is 6.04 Å². The van der Waals surface area contributed by atoms with Crippen molar-refractivity contribution < 1.29 is 14.3 Å². The Morgan fingerprint density at radius 1 is 1.44 bits per heavy atom. The van der Waals surface area contributed by atoms with Crippen LogP contribution >= 0.6 is 0 Å². The summed E-state index contributed by atoms with van der Waals surface area (Å²) in [6.45, 7) is 8.25. The summed E-state index contributed by atoms with van der Waals surface area (Å²) < 4.78 is 5.10. The molecule has 0 aromatic carbocycles. The molecule has 92 valence electrons. The quantitative estimate of drug-likeness (QED) is 0.770. The maximum atomic E-state index is 11.3. The Morgan fingerprint density at radius 3 is 2.44 bits per heavy atom. The molecule has 5 nitrogen and oxygen atoms in total. The summed E-state index contributed by atoms with van der Waals surface area (Å²) >= 11 is 0. The van der Waals surface area contributed by atoms with Crippen molar-refractivity contribution in [2.45, 2.75) is 45.8 Å². The number of rotatable bonds is 2. The molecule has 0 aliphatic carbocycles. The predicted octanol–water partition coefficient (Wildman–Crippen LogP) is 1.13. The van der Waals surface area contributed by atoms with Gasteiger partial charge in [0, 0.05) is 20.0 Å². The number of amides is 2. The van der Waals surface area contributed by atoms with E-state index < -0.39 is 11.7 Å². The first-order valence-corrected chi connectivity index (χ1v) is 5.53. The maximum absolute atomic E-state index is 11.3. The number of carbonyl (C=O) groups excluding carboxylic acids is 2. The number of likely N-dealkylation sites (tertiary alicyclic amines) is 1. The number of ether oxygens (including phenoxy) is 1. The average molecular weight is 228 g/mol. The highest BCUT2D eigenvalue weighted by atomic mass is 16.6. The van der Waals surface area contributed by atoms with Gasteiger partial charge in [-0.3, -0.25) is 4.79 Å². The molecule has 5 heteroatoms. The smallest absolute Gasteiger partial charge is 0.407 e. The lowest BCUT2D eigenvalue weighted by Gasteiger charge is -2.40. The molecule has 0 bridgehead atoms. The van der Waals surface area contributed by atoms with Crippen molar-refractivity contribution in [3.8, 4) is 0 Å². The first-order valence-electron chi connectivity index (χ1n) is 5.53. The molecule has 1 aliphatic rings. The Labute approximate surface area is 96.1 Å². The SMILES string of the molecule is CC(=O)N1CCC1CNC(=O)OC(C)(C)C. The summed E-state index contributed by atoms with van der Waals surface area (Å²) in [5.41, 5.74) is -0.482. The van der Waals surface area contributed by atoms with Gasteiger partial charge >= 0.3 is 6.09 Å². The van der Waals surface area contributed by atoms with Crippen LogP contribution in [0.4, 0.5) is 4.79 Å². The summed E-state index contributed by atoms with van der Waals surface area (Å²) in [5, 5.41) is 2.67. The molecule has 1 heterocycles. The van der Waals surface area contributed by atoms with Crippen molar-refractivity contribution in [3.05, 3.63) is 0 Å². The molecule has 0 aromatic rings. The van der Waals surface area contributed by atoms with E-state index in [9.17, 15) is 9.59 Å². The van der Waals surface area contributed by atoms with Crippen LogP contribution in [0.3, 0.4) is 0 Å². The van der Waals surface area contributed by atoms with Gasteiger partial charge in [-0.2, -0.15) is 0 Å². The fraction of sp³-hybridized carbons (Fsp3) is 0.818. The first-order chi connectivity index (χ1) is 7.29. The minimum atomic E-state index is -0.482. The summed E-state index contributed by atoms with van der Waals surface area (Å²) in [6, 6.07) is 0.130. The lowest BCUT2D eigenvalue weighted by Crippen LogP contribution is -2.55. The largest absolute Gasteiger partial charge is 0.444 e. The lowest BCUT2D eigenvalue weighted by molar-refractivity contribution is -0.136. The molecular formula is C11H20N2O3. The van der Waals surface area contributed by atoms with E-state index in [-0.39, 0.29) is 11.9 Å². The van der Waals surface area contributed by atoms with Gasteiger partial charge in [-0.15, -0.1) is 0 Å². The van der Waals surface area contributed by atoms with Crippen LogP contribution in [0, 0.1) is 0 Å². The minimum absolute atomic E-state index is 0.0576. The lowest BCUT2D eigenvalue weighted by atomic mass is 10.0. The average Bonchev–Trinajstić information content (AvgIpc) is 1.96. The molecule has 2 amide bonds. The molecule has 0 aromatic heterocycles. The van der Waals surface area contributed by atoms with E-state index in [1.54, 1.807) is 11.8 Å². The topological polar surface area (TPSA) is 58.6 Å². The summed E-state index contributed by atoms with van der Waals surface area (Å²) in [4.78, 5) is 24.2. The van der Waals surface area contributed by atoms with Crippen LogP contribution in [0.1, 0.15) is 34.1 Å². The van der Waals surface area contributed by atoms with Gasteiger partial charge < -0.3 is 15.0 Å². The molecule has 1 atom stereocenters. The van der Waals surface area contributed by atoms with Crippen LogP contribution in [-0.4, -0.2) is 41.6 Å². The third kappa shape index (κ3) is 3.72. The Kier molecular flexibility index (Phi) is 3.78. The van der Waals surface area contributed by atoms with Crippen LogP contribution in [0.15, 0.2) is 0 Å². The molecule has 1 aliphatic heterocycles. The fourth-order valence-electron chi connectivity index (χ4n) is 1.58. The number of alkyl carbamates (subject to hydrolysis) is 1. The third-order valence-electron chi connectivity index (χ3n) is 2.43. The molecule has 1 N–H and O–H groups in total. The fourth-order valence-corrected chi connectivity index (χ4v) is 1.58. The van der Waals surface area contributed by atoms with Crippen LogP contribution < -0.4 is 5.32 Å². The Balaban J connectivity index is 2.25. The summed E-state index contributed by atoms with van der Waals surface area (Å²) in [7, 11) is 0. The monoisotopic (exact) mass is 228 g/mol. The van der Waals surface area contributed by atoms with E-state index in [4.69, 9.17) is 4.74 Å².